The number of carbonyl (C=O) groups is 1. The zero-order chi connectivity index (χ0) is 17.7. The third kappa shape index (κ3) is 4.25. The number of urea groups is 1. The van der Waals surface area contributed by atoms with Crippen LogP contribution in [-0.4, -0.2) is 34.7 Å². The first-order valence-corrected chi connectivity index (χ1v) is 6.74. The summed E-state index contributed by atoms with van der Waals surface area (Å²) in [6.45, 7) is 0.429. The van der Waals surface area contributed by atoms with E-state index in [4.69, 9.17) is 6.42 Å². The predicted molar refractivity (Wildman–Crippen MR) is 78.4 cm³/mol. The monoisotopic (exact) mass is 338 g/mol. The van der Waals surface area contributed by atoms with E-state index in [1.54, 1.807) is 19.2 Å². The largest absolute Gasteiger partial charge is 0.471 e. The normalized spacial score (nSPS) is 11.0. The van der Waals surface area contributed by atoms with E-state index in [1.807, 2.05) is 0 Å². The van der Waals surface area contributed by atoms with Crippen molar-refractivity contribution in [2.45, 2.75) is 12.7 Å². The lowest BCUT2D eigenvalue weighted by molar-refractivity contribution is -0.159. The summed E-state index contributed by atoms with van der Waals surface area (Å²) in [5, 5.41) is 5.96. The second-order valence-electron chi connectivity index (χ2n) is 4.84. The molecule has 1 aromatic carbocycles. The van der Waals surface area contributed by atoms with Crippen molar-refractivity contribution in [3.8, 4) is 23.7 Å². The molecule has 0 saturated carbocycles. The van der Waals surface area contributed by atoms with Crippen LogP contribution in [0.4, 0.5) is 18.0 Å². The fourth-order valence-electron chi connectivity index (χ4n) is 1.75. The molecule has 0 unspecified atom stereocenters. The van der Waals surface area contributed by atoms with Crippen LogP contribution < -0.4 is 5.32 Å². The van der Waals surface area contributed by atoms with E-state index in [0.29, 0.717) is 5.56 Å². The molecule has 0 atom stereocenters. The molecule has 126 valence electrons. The van der Waals surface area contributed by atoms with Crippen LogP contribution >= 0.6 is 0 Å². The molecule has 1 heterocycles. The van der Waals surface area contributed by atoms with Crippen molar-refractivity contribution in [3.05, 3.63) is 35.7 Å². The molecule has 0 spiro atoms. The van der Waals surface area contributed by atoms with E-state index in [2.05, 4.69) is 25.9 Å². The van der Waals surface area contributed by atoms with Gasteiger partial charge in [-0.25, -0.2) is 4.79 Å². The quantitative estimate of drug-likeness (QED) is 0.870. The molecule has 2 rings (SSSR count). The number of nitrogens with one attached hydrogen (secondary N) is 1. The van der Waals surface area contributed by atoms with Crippen LogP contribution in [0.2, 0.25) is 0 Å². The van der Waals surface area contributed by atoms with Crippen LogP contribution in [0.3, 0.4) is 0 Å². The van der Waals surface area contributed by atoms with Gasteiger partial charge < -0.3 is 14.7 Å². The van der Waals surface area contributed by atoms with Crippen molar-refractivity contribution in [1.29, 1.82) is 0 Å². The van der Waals surface area contributed by atoms with E-state index in [1.165, 1.54) is 17.0 Å². The Bertz CT molecular complexity index is 747. The average Bonchev–Trinajstić information content (AvgIpc) is 3.03. The lowest BCUT2D eigenvalue weighted by Crippen LogP contribution is -2.36. The Morgan fingerprint density at radius 3 is 2.58 bits per heavy atom. The van der Waals surface area contributed by atoms with E-state index in [-0.39, 0.29) is 24.9 Å². The van der Waals surface area contributed by atoms with Crippen LogP contribution in [0.15, 0.2) is 28.8 Å². The van der Waals surface area contributed by atoms with E-state index in [0.717, 1.165) is 5.56 Å². The lowest BCUT2D eigenvalue weighted by atomic mass is 10.1. The molecular formula is C15H13F3N4O2. The van der Waals surface area contributed by atoms with Crippen molar-refractivity contribution < 1.29 is 22.5 Å². The van der Waals surface area contributed by atoms with Gasteiger partial charge in [0.25, 0.3) is 0 Å². The molecule has 2 amide bonds. The molecule has 0 radical (unpaired) electrons. The second kappa shape index (κ2) is 7.04. The molecule has 0 saturated heterocycles. The SMILES string of the molecule is C#CCN(C)C(=O)NCc1ccc(-c2noc(C(F)(F)F)n2)cc1. The Balaban J connectivity index is 2.00. The third-order valence-corrected chi connectivity index (χ3v) is 3.00. The number of hydrogen-bond donors (Lipinski definition) is 1. The molecule has 1 aromatic heterocycles. The number of rotatable bonds is 4. The minimum Gasteiger partial charge on any atom is -0.334 e. The van der Waals surface area contributed by atoms with Gasteiger partial charge in [0.1, 0.15) is 0 Å². The maximum absolute atomic E-state index is 12.4. The number of nitrogens with zero attached hydrogens (tertiary/aromatic N) is 3. The molecular weight excluding hydrogens is 325 g/mol. The number of benzene rings is 1. The standard InChI is InChI=1S/C15H13F3N4O2/c1-3-8-22(2)14(23)19-9-10-4-6-11(7-5-10)12-20-13(24-21-12)15(16,17)18/h1,4-7H,8-9H2,2H3,(H,19,23). The molecule has 6 nitrogen and oxygen atoms in total. The van der Waals surface area contributed by atoms with Crippen LogP contribution in [0, 0.1) is 12.3 Å². The zero-order valence-electron chi connectivity index (χ0n) is 12.6. The Hall–Kier alpha value is -3.02. The third-order valence-electron chi connectivity index (χ3n) is 3.00. The van der Waals surface area contributed by atoms with Gasteiger partial charge in [0.2, 0.25) is 5.82 Å². The van der Waals surface area contributed by atoms with Crippen molar-refractivity contribution >= 4 is 6.03 Å². The minimum absolute atomic E-state index is 0.160. The first-order chi connectivity index (χ1) is 11.3. The molecule has 0 aliphatic heterocycles. The summed E-state index contributed by atoms with van der Waals surface area (Å²) in [7, 11) is 1.56. The fraction of sp³-hybridized carbons (Fsp3) is 0.267. The second-order valence-corrected chi connectivity index (χ2v) is 4.84. The van der Waals surface area contributed by atoms with Gasteiger partial charge in [0, 0.05) is 19.2 Å². The van der Waals surface area contributed by atoms with Crippen LogP contribution in [0.1, 0.15) is 11.5 Å². The van der Waals surface area contributed by atoms with Crippen molar-refractivity contribution in [3.63, 3.8) is 0 Å². The molecule has 0 aliphatic rings. The smallest absolute Gasteiger partial charge is 0.334 e. The highest BCUT2D eigenvalue weighted by molar-refractivity contribution is 5.74. The van der Waals surface area contributed by atoms with Gasteiger partial charge in [0.05, 0.1) is 6.54 Å². The summed E-state index contributed by atoms with van der Waals surface area (Å²) in [4.78, 5) is 16.3. The van der Waals surface area contributed by atoms with Gasteiger partial charge in [-0.2, -0.15) is 18.2 Å². The van der Waals surface area contributed by atoms with Crippen molar-refractivity contribution in [1.82, 2.24) is 20.4 Å². The highest BCUT2D eigenvalue weighted by Crippen LogP contribution is 2.29. The molecule has 9 heteroatoms. The fourth-order valence-corrected chi connectivity index (χ4v) is 1.75. The summed E-state index contributed by atoms with van der Waals surface area (Å²) in [6.07, 6.45) is 0.433. The number of terminal acetylenes is 1. The van der Waals surface area contributed by atoms with Gasteiger partial charge >= 0.3 is 18.1 Å². The summed E-state index contributed by atoms with van der Waals surface area (Å²) in [6, 6.07) is 6.03. The van der Waals surface area contributed by atoms with Gasteiger partial charge in [-0.3, -0.25) is 0 Å². The van der Waals surface area contributed by atoms with Crippen LogP contribution in [0.25, 0.3) is 11.4 Å². The van der Waals surface area contributed by atoms with Crippen LogP contribution in [-0.2, 0) is 12.7 Å². The van der Waals surface area contributed by atoms with E-state index < -0.39 is 12.1 Å². The number of carbonyl (C=O) groups excluding carboxylic acids is 1. The van der Waals surface area contributed by atoms with Gasteiger partial charge in [-0.15, -0.1) is 6.42 Å². The Morgan fingerprint density at radius 1 is 1.38 bits per heavy atom. The summed E-state index contributed by atoms with van der Waals surface area (Å²) in [5.41, 5.74) is 1.12. The van der Waals surface area contributed by atoms with Crippen molar-refractivity contribution in [2.75, 3.05) is 13.6 Å². The summed E-state index contributed by atoms with van der Waals surface area (Å²) < 4.78 is 41.5. The van der Waals surface area contributed by atoms with Gasteiger partial charge in [-0.1, -0.05) is 35.3 Å². The van der Waals surface area contributed by atoms with Gasteiger partial charge in [0.15, 0.2) is 0 Å². The zero-order valence-corrected chi connectivity index (χ0v) is 12.6. The van der Waals surface area contributed by atoms with Crippen LogP contribution in [0.5, 0.6) is 0 Å². The number of hydrogen-bond acceptors (Lipinski definition) is 4. The van der Waals surface area contributed by atoms with Crippen molar-refractivity contribution in [2.24, 2.45) is 0 Å². The number of alkyl halides is 3. The highest BCUT2D eigenvalue weighted by Gasteiger charge is 2.38. The highest BCUT2D eigenvalue weighted by atomic mass is 19.4. The molecule has 1 N–H and O–H groups in total. The lowest BCUT2D eigenvalue weighted by Gasteiger charge is -2.14. The molecule has 0 aliphatic carbocycles. The first kappa shape index (κ1) is 17.3. The summed E-state index contributed by atoms with van der Waals surface area (Å²) >= 11 is 0. The Kier molecular flexibility index (Phi) is 5.08. The van der Waals surface area contributed by atoms with E-state index >= 15 is 0 Å². The molecule has 24 heavy (non-hydrogen) atoms. The molecule has 0 bridgehead atoms. The summed E-state index contributed by atoms with van der Waals surface area (Å²) in [5.74, 6) is 0.789. The number of halogens is 3. The number of aromatic nitrogens is 2. The minimum atomic E-state index is -4.68. The molecule has 0 fully saturated rings. The number of amides is 2. The first-order valence-electron chi connectivity index (χ1n) is 6.74. The Labute approximate surface area is 135 Å². The predicted octanol–water partition coefficient (Wildman–Crippen LogP) is 2.53. The maximum Gasteiger partial charge on any atom is 0.471 e. The van der Waals surface area contributed by atoms with E-state index in [9.17, 15) is 18.0 Å². The maximum atomic E-state index is 12.4. The Morgan fingerprint density at radius 2 is 2.04 bits per heavy atom. The van der Waals surface area contributed by atoms with Gasteiger partial charge in [-0.05, 0) is 5.56 Å². The average molecular weight is 338 g/mol. The molecule has 2 aromatic rings. The topological polar surface area (TPSA) is 71.3 Å².